The van der Waals surface area contributed by atoms with Gasteiger partial charge in [0.25, 0.3) is 0 Å². The number of hydrogen-bond donors (Lipinski definition) is 0. The molecule has 1 aromatic heterocycles. The van der Waals surface area contributed by atoms with Crippen LogP contribution in [0.1, 0.15) is 16.8 Å². The van der Waals surface area contributed by atoms with Crippen molar-refractivity contribution in [2.45, 2.75) is 20.0 Å². The molecule has 126 valence electrons. The molecular weight excluding hydrogens is 312 g/mol. The quantitative estimate of drug-likeness (QED) is 0.743. The van der Waals surface area contributed by atoms with Gasteiger partial charge in [0, 0.05) is 32.1 Å². The first kappa shape index (κ1) is 17.7. The van der Waals surface area contributed by atoms with Crippen molar-refractivity contribution in [1.82, 2.24) is 8.87 Å². The molecule has 5 nitrogen and oxygen atoms in total. The predicted molar refractivity (Wildman–Crippen MR) is 91.8 cm³/mol. The summed E-state index contributed by atoms with van der Waals surface area (Å²) in [5.74, 6) is 0. The third-order valence-electron chi connectivity index (χ3n) is 3.75. The molecular formula is C17H24N2O3S. The van der Waals surface area contributed by atoms with E-state index < -0.39 is 10.0 Å². The van der Waals surface area contributed by atoms with Crippen molar-refractivity contribution in [3.63, 3.8) is 0 Å². The van der Waals surface area contributed by atoms with Crippen molar-refractivity contribution in [3.8, 4) is 0 Å². The lowest BCUT2D eigenvalue weighted by atomic mass is 10.1. The lowest BCUT2D eigenvalue weighted by Gasteiger charge is -2.20. The lowest BCUT2D eigenvalue weighted by Crippen LogP contribution is -2.33. The van der Waals surface area contributed by atoms with E-state index in [2.05, 4.69) is 35.8 Å². The van der Waals surface area contributed by atoms with E-state index in [1.807, 2.05) is 18.3 Å². The average Bonchev–Trinajstić information content (AvgIpc) is 2.92. The summed E-state index contributed by atoms with van der Waals surface area (Å²) >= 11 is 0. The van der Waals surface area contributed by atoms with E-state index in [1.165, 1.54) is 21.7 Å². The molecule has 6 heteroatoms. The number of hydrogen-bond acceptors (Lipinski definition) is 3. The van der Waals surface area contributed by atoms with Gasteiger partial charge in [-0.2, -0.15) is 4.31 Å². The van der Waals surface area contributed by atoms with Gasteiger partial charge in [-0.25, -0.2) is 8.42 Å². The van der Waals surface area contributed by atoms with Crippen LogP contribution in [0.15, 0.2) is 42.6 Å². The fourth-order valence-electron chi connectivity index (χ4n) is 2.37. The molecule has 0 aliphatic rings. The number of rotatable bonds is 8. The minimum atomic E-state index is -3.27. The predicted octanol–water partition coefficient (Wildman–Crippen LogP) is 2.25. The summed E-state index contributed by atoms with van der Waals surface area (Å²) in [7, 11) is -1.70. The molecule has 2 rings (SSSR count). The van der Waals surface area contributed by atoms with Gasteiger partial charge in [-0.3, -0.25) is 0 Å². The second-order valence-corrected chi connectivity index (χ2v) is 7.68. The molecule has 0 atom stereocenters. The second-order valence-electron chi connectivity index (χ2n) is 5.70. The minimum absolute atomic E-state index is 0.348. The van der Waals surface area contributed by atoms with Gasteiger partial charge < -0.3 is 9.30 Å². The van der Waals surface area contributed by atoms with Crippen molar-refractivity contribution >= 4 is 10.0 Å². The number of ether oxygens (including phenoxy) is 1. The number of nitrogens with zero attached hydrogens (tertiary/aromatic N) is 2. The highest BCUT2D eigenvalue weighted by Crippen LogP contribution is 2.13. The van der Waals surface area contributed by atoms with Crippen LogP contribution >= 0.6 is 0 Å². The molecule has 0 spiro atoms. The van der Waals surface area contributed by atoms with Crippen LogP contribution in [0.2, 0.25) is 0 Å². The Bertz CT molecular complexity index is 721. The Morgan fingerprint density at radius 1 is 1.17 bits per heavy atom. The summed E-state index contributed by atoms with van der Waals surface area (Å²) in [6.45, 7) is 3.87. The molecule has 1 heterocycles. The highest BCUT2D eigenvalue weighted by atomic mass is 32.2. The van der Waals surface area contributed by atoms with E-state index in [-0.39, 0.29) is 0 Å². The second kappa shape index (κ2) is 7.77. The summed E-state index contributed by atoms with van der Waals surface area (Å²) in [6, 6.07) is 12.3. The Morgan fingerprint density at radius 2 is 1.87 bits per heavy atom. The third kappa shape index (κ3) is 5.20. The summed E-state index contributed by atoms with van der Waals surface area (Å²) < 4.78 is 32.4. The molecule has 0 saturated carbocycles. The molecule has 0 aliphatic heterocycles. The Hall–Kier alpha value is -1.63. The molecule has 0 bridgehead atoms. The lowest BCUT2D eigenvalue weighted by molar-refractivity contribution is 0.177. The van der Waals surface area contributed by atoms with E-state index in [0.29, 0.717) is 19.7 Å². The molecule has 0 amide bonds. The van der Waals surface area contributed by atoms with Crippen LogP contribution in [-0.2, 0) is 27.8 Å². The van der Waals surface area contributed by atoms with E-state index in [4.69, 9.17) is 4.74 Å². The minimum Gasteiger partial charge on any atom is -0.383 e. The van der Waals surface area contributed by atoms with E-state index in [0.717, 1.165) is 12.2 Å². The molecule has 0 N–H and O–H groups in total. The summed E-state index contributed by atoms with van der Waals surface area (Å²) in [5.41, 5.74) is 3.38. The van der Waals surface area contributed by atoms with Gasteiger partial charge in [-0.05, 0) is 24.6 Å². The molecule has 0 radical (unpaired) electrons. The highest BCUT2D eigenvalue weighted by Gasteiger charge is 2.18. The van der Waals surface area contributed by atoms with Gasteiger partial charge in [0.1, 0.15) is 0 Å². The van der Waals surface area contributed by atoms with Crippen LogP contribution in [0.25, 0.3) is 0 Å². The van der Waals surface area contributed by atoms with Crippen LogP contribution in [0.4, 0.5) is 0 Å². The third-order valence-corrected chi connectivity index (χ3v) is 5.00. The smallest absolute Gasteiger partial charge is 0.211 e. The zero-order chi connectivity index (χ0) is 16.9. The van der Waals surface area contributed by atoms with Crippen molar-refractivity contribution in [1.29, 1.82) is 0 Å². The Morgan fingerprint density at radius 3 is 2.48 bits per heavy atom. The van der Waals surface area contributed by atoms with Gasteiger partial charge in [0.05, 0.1) is 19.4 Å². The van der Waals surface area contributed by atoms with Crippen LogP contribution in [-0.4, -0.2) is 43.8 Å². The van der Waals surface area contributed by atoms with Crippen LogP contribution in [0, 0.1) is 6.92 Å². The standard InChI is InChI=1S/C17H24N2O3S/c1-15-6-8-16(9-7-15)13-18-10-4-5-17(18)14-19(11-12-22-2)23(3,20)21/h4-10H,11-14H2,1-3H3. The van der Waals surface area contributed by atoms with Gasteiger partial charge >= 0.3 is 0 Å². The maximum Gasteiger partial charge on any atom is 0.211 e. The zero-order valence-electron chi connectivity index (χ0n) is 13.9. The van der Waals surface area contributed by atoms with E-state index >= 15 is 0 Å². The molecule has 0 saturated heterocycles. The van der Waals surface area contributed by atoms with Crippen molar-refractivity contribution in [2.75, 3.05) is 26.5 Å². The first-order valence-electron chi connectivity index (χ1n) is 7.54. The topological polar surface area (TPSA) is 51.5 Å². The Labute approximate surface area is 138 Å². The molecule has 2 aromatic rings. The fraction of sp³-hybridized carbons (Fsp3) is 0.412. The Balaban J connectivity index is 2.14. The maximum absolute atomic E-state index is 11.9. The largest absolute Gasteiger partial charge is 0.383 e. The first-order chi connectivity index (χ1) is 10.9. The maximum atomic E-state index is 11.9. The van der Waals surface area contributed by atoms with Crippen molar-refractivity contribution < 1.29 is 13.2 Å². The van der Waals surface area contributed by atoms with Gasteiger partial charge in [-0.15, -0.1) is 0 Å². The van der Waals surface area contributed by atoms with Crippen LogP contribution in [0.3, 0.4) is 0 Å². The van der Waals surface area contributed by atoms with Gasteiger partial charge in [0.15, 0.2) is 0 Å². The molecule has 0 unspecified atom stereocenters. The Kier molecular flexibility index (Phi) is 5.98. The van der Waals surface area contributed by atoms with Crippen LogP contribution in [0.5, 0.6) is 0 Å². The normalized spacial score (nSPS) is 12.0. The van der Waals surface area contributed by atoms with E-state index in [1.54, 1.807) is 7.11 Å². The van der Waals surface area contributed by atoms with Crippen LogP contribution < -0.4 is 0 Å². The van der Waals surface area contributed by atoms with Crippen molar-refractivity contribution in [3.05, 3.63) is 59.4 Å². The molecule has 1 aromatic carbocycles. The van der Waals surface area contributed by atoms with Gasteiger partial charge in [-0.1, -0.05) is 29.8 Å². The molecule has 23 heavy (non-hydrogen) atoms. The molecule has 0 aliphatic carbocycles. The number of aryl methyl sites for hydroxylation is 1. The van der Waals surface area contributed by atoms with Crippen molar-refractivity contribution in [2.24, 2.45) is 0 Å². The van der Waals surface area contributed by atoms with Gasteiger partial charge in [0.2, 0.25) is 10.0 Å². The SMILES string of the molecule is COCCN(Cc1cccn1Cc1ccc(C)cc1)S(C)(=O)=O. The number of benzene rings is 1. The summed E-state index contributed by atoms with van der Waals surface area (Å²) in [6.07, 6.45) is 3.21. The molecule has 0 fully saturated rings. The fourth-order valence-corrected chi connectivity index (χ4v) is 3.15. The monoisotopic (exact) mass is 336 g/mol. The average molecular weight is 336 g/mol. The number of sulfonamides is 1. The number of methoxy groups -OCH3 is 1. The highest BCUT2D eigenvalue weighted by molar-refractivity contribution is 7.88. The summed E-state index contributed by atoms with van der Waals surface area (Å²) in [5, 5.41) is 0. The first-order valence-corrected chi connectivity index (χ1v) is 9.38. The zero-order valence-corrected chi connectivity index (χ0v) is 14.7. The summed E-state index contributed by atoms with van der Waals surface area (Å²) in [4.78, 5) is 0. The number of aromatic nitrogens is 1. The van der Waals surface area contributed by atoms with E-state index in [9.17, 15) is 8.42 Å².